The van der Waals surface area contributed by atoms with Crippen LogP contribution >= 0.6 is 0 Å². The molecule has 0 bridgehead atoms. The Hall–Kier alpha value is 0.571. The van der Waals surface area contributed by atoms with Crippen LogP contribution in [0, 0.1) is 0 Å². The lowest BCUT2D eigenvalue weighted by Gasteiger charge is -2.33. The van der Waals surface area contributed by atoms with E-state index in [2.05, 4.69) is 8.46 Å². The molecule has 0 aliphatic heterocycles. The SMILES string of the molecule is [SiH3]N([SiH2]N([SiH3])C1CCCC1)C1CCCC1. The molecule has 15 heavy (non-hydrogen) atoms. The van der Waals surface area contributed by atoms with E-state index < -0.39 is 0 Å². The van der Waals surface area contributed by atoms with Crippen LogP contribution in [0.2, 0.25) is 0 Å². The van der Waals surface area contributed by atoms with E-state index in [-0.39, 0.29) is 9.84 Å². The molecule has 0 unspecified atom stereocenters. The van der Waals surface area contributed by atoms with Crippen LogP contribution in [0.3, 0.4) is 0 Å². The van der Waals surface area contributed by atoms with Crippen LogP contribution in [0.4, 0.5) is 0 Å². The molecule has 88 valence electrons. The fourth-order valence-electron chi connectivity index (χ4n) is 3.27. The maximum absolute atomic E-state index is 2.89. The van der Waals surface area contributed by atoms with Crippen LogP contribution < -0.4 is 0 Å². The van der Waals surface area contributed by atoms with Gasteiger partial charge in [0.05, 0.1) is 20.8 Å². The second-order valence-corrected chi connectivity index (χ2v) is 12.6. The van der Waals surface area contributed by atoms with Crippen molar-refractivity contribution in [2.45, 2.75) is 63.5 Å². The Bertz CT molecular complexity index is 171. The molecule has 0 radical (unpaired) electrons. The van der Waals surface area contributed by atoms with Gasteiger partial charge < -0.3 is 8.46 Å². The first-order chi connectivity index (χ1) is 7.27. The molecule has 2 fully saturated rings. The third kappa shape index (κ3) is 3.26. The van der Waals surface area contributed by atoms with Crippen molar-refractivity contribution in [1.82, 2.24) is 8.46 Å². The first kappa shape index (κ1) is 12.0. The summed E-state index contributed by atoms with van der Waals surface area (Å²) in [5.74, 6) is 0. The van der Waals surface area contributed by atoms with Crippen LogP contribution in [0.1, 0.15) is 51.4 Å². The Labute approximate surface area is 103 Å². The van der Waals surface area contributed by atoms with Crippen LogP contribution in [-0.2, 0) is 0 Å². The number of hydrogen-bond acceptors (Lipinski definition) is 2. The molecular weight excluding hydrogens is 232 g/mol. The molecule has 0 N–H and O–H groups in total. The zero-order valence-corrected chi connectivity index (χ0v) is 15.8. The molecule has 0 atom stereocenters. The highest BCUT2D eigenvalue weighted by Crippen LogP contribution is 2.24. The first-order valence-corrected chi connectivity index (χ1v) is 9.73. The summed E-state index contributed by atoms with van der Waals surface area (Å²) in [6.45, 7) is 0. The van der Waals surface area contributed by atoms with Crippen molar-refractivity contribution in [3.8, 4) is 0 Å². The van der Waals surface area contributed by atoms with Crippen molar-refractivity contribution < 1.29 is 0 Å². The maximum atomic E-state index is 2.89. The van der Waals surface area contributed by atoms with Crippen LogP contribution in [0.25, 0.3) is 0 Å². The minimum Gasteiger partial charge on any atom is -0.344 e. The van der Waals surface area contributed by atoms with Gasteiger partial charge in [-0.15, -0.1) is 0 Å². The quantitative estimate of drug-likeness (QED) is 0.599. The summed E-state index contributed by atoms with van der Waals surface area (Å²) < 4.78 is 5.77. The average molecular weight is 259 g/mol. The third-order valence-electron chi connectivity index (χ3n) is 4.34. The van der Waals surface area contributed by atoms with Gasteiger partial charge in [0.15, 0.2) is 9.84 Å². The van der Waals surface area contributed by atoms with E-state index in [4.69, 9.17) is 0 Å². The van der Waals surface area contributed by atoms with Gasteiger partial charge in [0.25, 0.3) is 0 Å². The smallest absolute Gasteiger partial charge is 0.158 e. The third-order valence-corrected chi connectivity index (χ3v) is 9.42. The highest BCUT2D eigenvalue weighted by molar-refractivity contribution is 6.46. The number of nitrogens with zero attached hydrogens (tertiary/aromatic N) is 2. The molecule has 0 saturated heterocycles. The predicted molar refractivity (Wildman–Crippen MR) is 76.6 cm³/mol. The standard InChI is InChI=1S/C10H26N2Si3/c13-11(9-5-1-2-6-9)15-12(14)10-7-3-4-8-10/h9-10H,1-8,15H2,13-14H3. The van der Waals surface area contributed by atoms with Crippen molar-refractivity contribution in [3.05, 3.63) is 0 Å². The zero-order chi connectivity index (χ0) is 10.7. The molecule has 0 spiro atoms. The van der Waals surface area contributed by atoms with Gasteiger partial charge in [-0.3, -0.25) is 0 Å². The Morgan fingerprint density at radius 3 is 1.40 bits per heavy atom. The highest BCUT2D eigenvalue weighted by Gasteiger charge is 2.24. The molecule has 0 amide bonds. The monoisotopic (exact) mass is 258 g/mol. The molecule has 0 aromatic heterocycles. The summed E-state index contributed by atoms with van der Waals surface area (Å²) in [5, 5.41) is 0. The van der Waals surface area contributed by atoms with E-state index in [1.54, 1.807) is 0 Å². The van der Waals surface area contributed by atoms with Gasteiger partial charge >= 0.3 is 0 Å². The van der Waals surface area contributed by atoms with E-state index in [0.29, 0.717) is 0 Å². The Morgan fingerprint density at radius 2 is 1.07 bits per heavy atom. The first-order valence-electron chi connectivity index (χ1n) is 6.68. The van der Waals surface area contributed by atoms with Crippen LogP contribution in [-0.4, -0.2) is 51.2 Å². The molecule has 2 aliphatic carbocycles. The lowest BCUT2D eigenvalue weighted by molar-refractivity contribution is 0.423. The Balaban J connectivity index is 1.74. The molecule has 2 nitrogen and oxygen atoms in total. The summed E-state index contributed by atoms with van der Waals surface area (Å²) in [6.07, 6.45) is 12.1. The van der Waals surface area contributed by atoms with Gasteiger partial charge in [-0.25, -0.2) is 0 Å². The van der Waals surface area contributed by atoms with Gasteiger partial charge in [0, 0.05) is 0 Å². The van der Waals surface area contributed by atoms with Crippen molar-refractivity contribution >= 4 is 30.7 Å². The highest BCUT2D eigenvalue weighted by atomic mass is 28.3. The zero-order valence-electron chi connectivity index (χ0n) is 10.4. The van der Waals surface area contributed by atoms with E-state index in [9.17, 15) is 0 Å². The number of hydrogen-bond donors (Lipinski definition) is 0. The summed E-state index contributed by atoms with van der Waals surface area (Å²) in [6, 6.07) is 2.03. The van der Waals surface area contributed by atoms with Crippen molar-refractivity contribution in [2.24, 2.45) is 0 Å². The Kier molecular flexibility index (Phi) is 4.63. The van der Waals surface area contributed by atoms with Crippen LogP contribution in [0.15, 0.2) is 0 Å². The average Bonchev–Trinajstić information content (AvgIpc) is 2.91. The van der Waals surface area contributed by atoms with E-state index in [1.165, 1.54) is 72.2 Å². The normalized spacial score (nSPS) is 26.0. The van der Waals surface area contributed by atoms with Gasteiger partial charge in [-0.2, -0.15) is 0 Å². The Morgan fingerprint density at radius 1 is 0.733 bits per heavy atom. The topological polar surface area (TPSA) is 6.48 Å². The fourth-order valence-corrected chi connectivity index (χ4v) is 10.6. The summed E-state index contributed by atoms with van der Waals surface area (Å²) in [7, 11) is 2.64. The van der Waals surface area contributed by atoms with Gasteiger partial charge in [0.2, 0.25) is 0 Å². The minimum absolute atomic E-state index is 0.00864. The fraction of sp³-hybridized carbons (Fsp3) is 1.00. The predicted octanol–water partition coefficient (Wildman–Crippen LogP) is -0.965. The molecule has 2 rings (SSSR count). The second-order valence-electron chi connectivity index (χ2n) is 5.53. The molecule has 0 heterocycles. The van der Waals surface area contributed by atoms with Crippen molar-refractivity contribution in [1.29, 1.82) is 0 Å². The molecule has 0 aromatic carbocycles. The second kappa shape index (κ2) is 5.77. The lowest BCUT2D eigenvalue weighted by Crippen LogP contribution is -2.47. The van der Waals surface area contributed by atoms with Gasteiger partial charge in [0.1, 0.15) is 0 Å². The van der Waals surface area contributed by atoms with E-state index in [1.807, 2.05) is 0 Å². The molecule has 0 aromatic rings. The summed E-state index contributed by atoms with van der Waals surface area (Å²) >= 11 is 0. The van der Waals surface area contributed by atoms with Gasteiger partial charge in [-0.05, 0) is 37.8 Å². The minimum atomic E-state index is -0.00864. The van der Waals surface area contributed by atoms with E-state index in [0.717, 1.165) is 12.1 Å². The van der Waals surface area contributed by atoms with Gasteiger partial charge in [-0.1, -0.05) is 25.7 Å². The molecular formula is C10H26N2Si3. The van der Waals surface area contributed by atoms with E-state index >= 15 is 0 Å². The van der Waals surface area contributed by atoms with Crippen molar-refractivity contribution in [2.75, 3.05) is 0 Å². The summed E-state index contributed by atoms with van der Waals surface area (Å²) in [5.41, 5.74) is 0. The largest absolute Gasteiger partial charge is 0.344 e. The molecule has 2 aliphatic rings. The maximum Gasteiger partial charge on any atom is 0.158 e. The van der Waals surface area contributed by atoms with Crippen molar-refractivity contribution in [3.63, 3.8) is 0 Å². The molecule has 2 saturated carbocycles. The molecule has 5 heteroatoms. The lowest BCUT2D eigenvalue weighted by atomic mass is 10.3. The number of rotatable bonds is 4. The summed E-state index contributed by atoms with van der Waals surface area (Å²) in [4.78, 5) is 0. The van der Waals surface area contributed by atoms with Crippen LogP contribution in [0.5, 0.6) is 0 Å².